The smallest absolute Gasteiger partial charge is 0.434 e. The zero-order chi connectivity index (χ0) is 24.5. The largest absolute Gasteiger partial charge is 0.513 e. The van der Waals surface area contributed by atoms with Crippen LogP contribution in [0.2, 0.25) is 0 Å². The van der Waals surface area contributed by atoms with E-state index in [1.807, 2.05) is 6.07 Å². The molecule has 1 atom stereocenters. The third-order valence-corrected chi connectivity index (χ3v) is 5.10. The molecule has 0 radical (unpaired) electrons. The van der Waals surface area contributed by atoms with Crippen molar-refractivity contribution in [2.24, 2.45) is 0 Å². The number of alkyl halides is 3. The molecule has 0 amide bonds. The first-order chi connectivity index (χ1) is 16.2. The molecule has 4 rings (SSSR count). The number of rotatable bonds is 4. The second kappa shape index (κ2) is 8.86. The van der Waals surface area contributed by atoms with Crippen molar-refractivity contribution >= 4 is 17.8 Å². The van der Waals surface area contributed by atoms with Crippen LogP contribution < -0.4 is 4.90 Å². The Labute approximate surface area is 191 Å². The van der Waals surface area contributed by atoms with Gasteiger partial charge in [-0.1, -0.05) is 23.3 Å². The highest BCUT2D eigenvalue weighted by atomic mass is 19.4. The number of carbonyl (C=O) groups is 1. The van der Waals surface area contributed by atoms with Crippen molar-refractivity contribution in [3.63, 3.8) is 0 Å². The second-order valence-electron chi connectivity index (χ2n) is 7.18. The van der Waals surface area contributed by atoms with Crippen molar-refractivity contribution in [3.05, 3.63) is 76.7 Å². The minimum absolute atomic E-state index is 0.0557. The van der Waals surface area contributed by atoms with Crippen LogP contribution in [0.4, 0.5) is 29.6 Å². The van der Waals surface area contributed by atoms with Gasteiger partial charge in [0, 0.05) is 5.69 Å². The fourth-order valence-corrected chi connectivity index (χ4v) is 3.60. The molecule has 0 saturated carbocycles. The summed E-state index contributed by atoms with van der Waals surface area (Å²) in [5.41, 5.74) is 0.528. The Bertz CT molecular complexity index is 1290. The molecule has 0 spiro atoms. The minimum atomic E-state index is -4.56. The first-order valence-corrected chi connectivity index (χ1v) is 10.0. The molecule has 0 bridgehead atoms. The van der Waals surface area contributed by atoms with Gasteiger partial charge < -0.3 is 9.47 Å². The van der Waals surface area contributed by atoms with Crippen LogP contribution in [0.5, 0.6) is 0 Å². The lowest BCUT2D eigenvalue weighted by Crippen LogP contribution is -2.33. The molecule has 0 fully saturated rings. The number of nitrogens with zero attached hydrogens (tertiary/aromatic N) is 6. The van der Waals surface area contributed by atoms with Crippen molar-refractivity contribution in [2.45, 2.75) is 26.1 Å². The zero-order valence-electron chi connectivity index (χ0n) is 17.9. The van der Waals surface area contributed by atoms with E-state index in [9.17, 15) is 18.0 Å². The van der Waals surface area contributed by atoms with Gasteiger partial charge in [-0.15, -0.1) is 0 Å². The lowest BCUT2D eigenvalue weighted by molar-refractivity contribution is -0.137. The van der Waals surface area contributed by atoms with E-state index in [1.54, 1.807) is 38.1 Å². The standard InChI is InChI=1S/C22H17F3N6O3/c1-3-33-21(32)34-19-13(2)30(17-6-4-5-16(11-17)22(23,24)25)20-27-28-29-31(20)18(19)15-9-7-14(12-26)8-10-15/h4-11,18H,3H2,1-2H3. The molecule has 34 heavy (non-hydrogen) atoms. The number of carbonyl (C=O) groups excluding carboxylic acids is 1. The molecule has 1 aliphatic rings. The molecule has 0 N–H and O–H groups in total. The average Bonchev–Trinajstić information content (AvgIpc) is 3.28. The van der Waals surface area contributed by atoms with E-state index in [1.165, 1.54) is 21.7 Å². The SMILES string of the molecule is CCOC(=O)OC1=C(C)N(c2cccc(C(F)(F)F)c2)c2nnnn2C1c1ccc(C#N)cc1. The van der Waals surface area contributed by atoms with Crippen LogP contribution in [0.15, 0.2) is 60.0 Å². The van der Waals surface area contributed by atoms with Crippen molar-refractivity contribution in [3.8, 4) is 6.07 Å². The fourth-order valence-electron chi connectivity index (χ4n) is 3.60. The summed E-state index contributed by atoms with van der Waals surface area (Å²) in [6, 6.07) is 12.3. The van der Waals surface area contributed by atoms with Gasteiger partial charge in [-0.05, 0) is 60.2 Å². The molecule has 1 unspecified atom stereocenters. The average molecular weight is 470 g/mol. The van der Waals surface area contributed by atoms with E-state index in [0.717, 1.165) is 12.1 Å². The van der Waals surface area contributed by atoms with Crippen molar-refractivity contribution < 1.29 is 27.4 Å². The summed E-state index contributed by atoms with van der Waals surface area (Å²) in [4.78, 5) is 13.6. The van der Waals surface area contributed by atoms with E-state index in [-0.39, 0.29) is 29.7 Å². The summed E-state index contributed by atoms with van der Waals surface area (Å²) < 4.78 is 51.8. The summed E-state index contributed by atoms with van der Waals surface area (Å²) in [6.07, 6.45) is -5.55. The molecule has 2 aromatic carbocycles. The number of benzene rings is 2. The van der Waals surface area contributed by atoms with Crippen LogP contribution in [0.1, 0.15) is 36.6 Å². The summed E-state index contributed by atoms with van der Waals surface area (Å²) >= 11 is 0. The van der Waals surface area contributed by atoms with Gasteiger partial charge >= 0.3 is 12.3 Å². The topological polar surface area (TPSA) is 106 Å². The zero-order valence-corrected chi connectivity index (χ0v) is 17.9. The first kappa shape index (κ1) is 22.8. The highest BCUT2D eigenvalue weighted by Crippen LogP contribution is 2.43. The van der Waals surface area contributed by atoms with E-state index >= 15 is 0 Å². The summed E-state index contributed by atoms with van der Waals surface area (Å²) in [6.45, 7) is 3.24. The molecule has 0 aliphatic carbocycles. The molecular formula is C22H17F3N6O3. The molecule has 174 valence electrons. The number of anilines is 2. The Morgan fingerprint density at radius 1 is 1.21 bits per heavy atom. The molecule has 1 aliphatic heterocycles. The quantitative estimate of drug-likeness (QED) is 0.505. The highest BCUT2D eigenvalue weighted by Gasteiger charge is 2.39. The highest BCUT2D eigenvalue weighted by molar-refractivity contribution is 5.68. The predicted molar refractivity (Wildman–Crippen MR) is 112 cm³/mol. The number of hydrogen-bond donors (Lipinski definition) is 0. The van der Waals surface area contributed by atoms with Gasteiger partial charge in [-0.3, -0.25) is 4.90 Å². The Kier molecular flexibility index (Phi) is 5.93. The number of halogens is 3. The maximum atomic E-state index is 13.4. The molecule has 9 nitrogen and oxygen atoms in total. The summed E-state index contributed by atoms with van der Waals surface area (Å²) in [7, 11) is 0. The molecular weight excluding hydrogens is 453 g/mol. The second-order valence-corrected chi connectivity index (χ2v) is 7.18. The van der Waals surface area contributed by atoms with Crippen LogP contribution in [-0.4, -0.2) is 33.0 Å². The van der Waals surface area contributed by atoms with Crippen LogP contribution >= 0.6 is 0 Å². The van der Waals surface area contributed by atoms with Gasteiger partial charge in [0.25, 0.3) is 5.95 Å². The van der Waals surface area contributed by atoms with E-state index in [0.29, 0.717) is 11.1 Å². The van der Waals surface area contributed by atoms with Crippen molar-refractivity contribution in [2.75, 3.05) is 11.5 Å². The van der Waals surface area contributed by atoms with Gasteiger partial charge in [0.05, 0.1) is 29.5 Å². The Morgan fingerprint density at radius 3 is 2.59 bits per heavy atom. The van der Waals surface area contributed by atoms with Crippen LogP contribution in [0, 0.1) is 11.3 Å². The number of ether oxygens (including phenoxy) is 2. The van der Waals surface area contributed by atoms with Crippen molar-refractivity contribution in [1.82, 2.24) is 20.2 Å². The molecule has 0 saturated heterocycles. The molecule has 3 aromatic rings. The Hall–Kier alpha value is -4.40. The monoisotopic (exact) mass is 470 g/mol. The summed E-state index contributed by atoms with van der Waals surface area (Å²) in [5, 5.41) is 20.8. The number of fused-ring (bicyclic) bond motifs is 1. The maximum Gasteiger partial charge on any atom is 0.513 e. The van der Waals surface area contributed by atoms with E-state index in [2.05, 4.69) is 15.5 Å². The lowest BCUT2D eigenvalue weighted by Gasteiger charge is -2.34. The number of nitriles is 1. The number of tetrazole rings is 1. The van der Waals surface area contributed by atoms with Crippen LogP contribution in [0.3, 0.4) is 0 Å². The molecule has 12 heteroatoms. The molecule has 1 aromatic heterocycles. The predicted octanol–water partition coefficient (Wildman–Crippen LogP) is 4.71. The normalized spacial score (nSPS) is 15.5. The Balaban J connectivity index is 1.90. The van der Waals surface area contributed by atoms with Crippen molar-refractivity contribution in [1.29, 1.82) is 5.26 Å². The summed E-state index contributed by atoms with van der Waals surface area (Å²) in [5.74, 6) is 0.169. The van der Waals surface area contributed by atoms with Gasteiger partial charge in [-0.2, -0.15) is 23.1 Å². The third kappa shape index (κ3) is 4.15. The number of hydrogen-bond acceptors (Lipinski definition) is 8. The Morgan fingerprint density at radius 2 is 1.94 bits per heavy atom. The van der Waals surface area contributed by atoms with Gasteiger partial charge in [-0.25, -0.2) is 4.79 Å². The third-order valence-electron chi connectivity index (χ3n) is 5.10. The van der Waals surface area contributed by atoms with E-state index < -0.39 is 23.9 Å². The van der Waals surface area contributed by atoms with Gasteiger partial charge in [0.1, 0.15) is 6.04 Å². The van der Waals surface area contributed by atoms with Gasteiger partial charge in [0.2, 0.25) is 0 Å². The lowest BCUT2D eigenvalue weighted by atomic mass is 10.0. The van der Waals surface area contributed by atoms with Crippen LogP contribution in [-0.2, 0) is 15.7 Å². The van der Waals surface area contributed by atoms with E-state index in [4.69, 9.17) is 14.7 Å². The van der Waals surface area contributed by atoms with Crippen LogP contribution in [0.25, 0.3) is 0 Å². The number of aromatic nitrogens is 4. The first-order valence-electron chi connectivity index (χ1n) is 10.0. The maximum absolute atomic E-state index is 13.4. The minimum Gasteiger partial charge on any atom is -0.434 e. The fraction of sp³-hybridized carbons (Fsp3) is 0.227. The molecule has 2 heterocycles. The number of allylic oxidation sites excluding steroid dienone is 2. The van der Waals surface area contributed by atoms with Gasteiger partial charge in [0.15, 0.2) is 5.76 Å².